The fourth-order valence-electron chi connectivity index (χ4n) is 10.3. The van der Waals surface area contributed by atoms with Crippen molar-refractivity contribution in [3.63, 3.8) is 0 Å². The number of carbonyl (C=O) groups is 2. The van der Waals surface area contributed by atoms with Gasteiger partial charge in [-0.15, -0.1) is 0 Å². The quantitative estimate of drug-likeness (QED) is 0.0320. The molecule has 3 N–H and O–H groups in total. The van der Waals surface area contributed by atoms with E-state index in [0.717, 1.165) is 44.9 Å². The molecule has 0 radical (unpaired) electrons. The Kier molecular flexibility index (Phi) is 59.9. The van der Waals surface area contributed by atoms with Crippen molar-refractivity contribution in [3.8, 4) is 0 Å². The summed E-state index contributed by atoms with van der Waals surface area (Å²) in [6.07, 6.45) is 74.0. The van der Waals surface area contributed by atoms with Crippen LogP contribution in [0.25, 0.3) is 0 Å². The van der Waals surface area contributed by atoms with E-state index in [1.807, 2.05) is 0 Å². The maximum atomic E-state index is 12.4. The third-order valence-electron chi connectivity index (χ3n) is 15.3. The molecule has 0 rings (SSSR count). The fourth-order valence-corrected chi connectivity index (χ4v) is 10.3. The normalized spacial score (nSPS) is 12.6. The van der Waals surface area contributed by atoms with E-state index in [1.54, 1.807) is 0 Å². The predicted molar refractivity (Wildman–Crippen MR) is 310 cm³/mol. The Morgan fingerprint density at radius 2 is 0.662 bits per heavy atom. The van der Waals surface area contributed by atoms with Crippen molar-refractivity contribution >= 4 is 11.9 Å². The fraction of sp³-hybridized carbons (Fsp3) is 0.938. The summed E-state index contributed by atoms with van der Waals surface area (Å²) in [5.74, 6) is -0.0189. The smallest absolute Gasteiger partial charge is 0.305 e. The molecule has 1 amide bonds. The molecule has 0 aromatic rings. The van der Waals surface area contributed by atoms with E-state index in [4.69, 9.17) is 4.74 Å². The standard InChI is InChI=1S/C65H127NO5/c1-3-5-7-9-11-13-15-39-43-47-51-55-59-65(70)71-60-56-52-48-44-40-37-35-33-31-29-27-25-23-21-19-17-16-18-20-22-24-26-28-30-32-34-36-38-42-46-50-54-58-64(69)66-62(61-67)63(68)57-53-49-45-41-14-12-10-8-6-4-2/h11,13,62-63,67-68H,3-10,12,14-61H2,1-2H3,(H,66,69)/b13-11-. The van der Waals surface area contributed by atoms with Crippen LogP contribution in [0.4, 0.5) is 0 Å². The number of aliphatic hydroxyl groups excluding tert-OH is 2. The molecule has 6 heteroatoms. The molecule has 0 fully saturated rings. The van der Waals surface area contributed by atoms with Gasteiger partial charge >= 0.3 is 5.97 Å². The number of amides is 1. The third-order valence-corrected chi connectivity index (χ3v) is 15.3. The van der Waals surface area contributed by atoms with Crippen LogP contribution in [0.1, 0.15) is 367 Å². The van der Waals surface area contributed by atoms with Gasteiger partial charge in [0.1, 0.15) is 0 Å². The van der Waals surface area contributed by atoms with Crippen LogP contribution in [0.2, 0.25) is 0 Å². The lowest BCUT2D eigenvalue weighted by Crippen LogP contribution is -2.45. The van der Waals surface area contributed by atoms with Gasteiger partial charge in [0.05, 0.1) is 25.4 Å². The number of unbranched alkanes of at least 4 members (excludes halogenated alkanes) is 48. The van der Waals surface area contributed by atoms with Crippen molar-refractivity contribution in [2.75, 3.05) is 13.2 Å². The Hall–Kier alpha value is -1.40. The summed E-state index contributed by atoms with van der Waals surface area (Å²) in [6.45, 7) is 4.94. The highest BCUT2D eigenvalue weighted by Crippen LogP contribution is 2.19. The van der Waals surface area contributed by atoms with E-state index in [9.17, 15) is 19.8 Å². The SMILES string of the molecule is CCCCC/C=C\CCCCCCCC(=O)OCCCCCCCCCCCCCCCCCCCCCCCCCCCCCCCCCCC(=O)NC(CO)C(O)CCCCCCCCCCCC. The van der Waals surface area contributed by atoms with E-state index in [-0.39, 0.29) is 18.5 Å². The number of nitrogens with one attached hydrogen (secondary N) is 1. The number of hydrogen-bond donors (Lipinski definition) is 3. The highest BCUT2D eigenvalue weighted by Gasteiger charge is 2.20. The van der Waals surface area contributed by atoms with Gasteiger partial charge in [0.2, 0.25) is 5.91 Å². The molecule has 0 aromatic carbocycles. The maximum absolute atomic E-state index is 12.4. The van der Waals surface area contributed by atoms with Crippen molar-refractivity contribution in [2.45, 2.75) is 379 Å². The first-order chi connectivity index (χ1) is 35.0. The van der Waals surface area contributed by atoms with Crippen LogP contribution in [0.15, 0.2) is 12.2 Å². The van der Waals surface area contributed by atoms with Crippen molar-refractivity contribution < 1.29 is 24.5 Å². The van der Waals surface area contributed by atoms with E-state index >= 15 is 0 Å². The molecule has 0 saturated carbocycles. The zero-order valence-corrected chi connectivity index (χ0v) is 48.2. The molecule has 0 aliphatic rings. The Labute approximate surface area is 444 Å². The number of carbonyl (C=O) groups excluding carboxylic acids is 2. The lowest BCUT2D eigenvalue weighted by atomic mass is 10.0. The summed E-state index contributed by atoms with van der Waals surface area (Å²) in [6, 6.07) is -0.535. The van der Waals surface area contributed by atoms with Crippen LogP contribution in [0.3, 0.4) is 0 Å². The van der Waals surface area contributed by atoms with Crippen molar-refractivity contribution in [1.29, 1.82) is 0 Å². The molecule has 2 atom stereocenters. The molecule has 0 aliphatic carbocycles. The second kappa shape index (κ2) is 61.1. The third kappa shape index (κ3) is 57.7. The minimum Gasteiger partial charge on any atom is -0.466 e. The van der Waals surface area contributed by atoms with Gasteiger partial charge in [0.15, 0.2) is 0 Å². The lowest BCUT2D eigenvalue weighted by molar-refractivity contribution is -0.143. The molecule has 0 aliphatic heterocycles. The number of aliphatic hydroxyl groups is 2. The van der Waals surface area contributed by atoms with Crippen LogP contribution >= 0.6 is 0 Å². The van der Waals surface area contributed by atoms with Gasteiger partial charge in [-0.1, -0.05) is 315 Å². The second-order valence-corrected chi connectivity index (χ2v) is 22.5. The van der Waals surface area contributed by atoms with Crippen molar-refractivity contribution in [3.05, 3.63) is 12.2 Å². The zero-order chi connectivity index (χ0) is 51.4. The van der Waals surface area contributed by atoms with Gasteiger partial charge in [-0.3, -0.25) is 9.59 Å². The molecular weight excluding hydrogens is 875 g/mol. The van der Waals surface area contributed by atoms with E-state index in [0.29, 0.717) is 25.9 Å². The molecule has 0 bridgehead atoms. The molecule has 71 heavy (non-hydrogen) atoms. The molecule has 0 aromatic heterocycles. The van der Waals surface area contributed by atoms with Crippen molar-refractivity contribution in [2.24, 2.45) is 0 Å². The van der Waals surface area contributed by atoms with Gasteiger partial charge in [0, 0.05) is 12.8 Å². The topological polar surface area (TPSA) is 95.9 Å². The number of hydrogen-bond acceptors (Lipinski definition) is 5. The Bertz CT molecular complexity index is 1060. The second-order valence-electron chi connectivity index (χ2n) is 22.5. The highest BCUT2D eigenvalue weighted by atomic mass is 16.5. The van der Waals surface area contributed by atoms with Gasteiger partial charge in [0.25, 0.3) is 0 Å². The van der Waals surface area contributed by atoms with Crippen LogP contribution in [-0.4, -0.2) is 47.4 Å². The monoisotopic (exact) mass is 1000 g/mol. The number of allylic oxidation sites excluding steroid dienone is 2. The Morgan fingerprint density at radius 1 is 0.380 bits per heavy atom. The molecule has 0 saturated heterocycles. The summed E-state index contributed by atoms with van der Waals surface area (Å²) < 4.78 is 5.47. The first-order valence-electron chi connectivity index (χ1n) is 32.4. The molecule has 0 heterocycles. The van der Waals surface area contributed by atoms with E-state index in [1.165, 1.54) is 289 Å². The Balaban J connectivity index is 3.29. The summed E-state index contributed by atoms with van der Waals surface area (Å²) in [4.78, 5) is 24.4. The average molecular weight is 1000 g/mol. The van der Waals surface area contributed by atoms with Crippen LogP contribution in [-0.2, 0) is 14.3 Å². The highest BCUT2D eigenvalue weighted by molar-refractivity contribution is 5.76. The lowest BCUT2D eigenvalue weighted by Gasteiger charge is -2.22. The van der Waals surface area contributed by atoms with Gasteiger partial charge < -0.3 is 20.3 Å². The molecule has 2 unspecified atom stereocenters. The minimum atomic E-state index is -0.658. The number of rotatable bonds is 61. The Morgan fingerprint density at radius 3 is 1.03 bits per heavy atom. The molecule has 0 spiro atoms. The van der Waals surface area contributed by atoms with Crippen LogP contribution in [0.5, 0.6) is 0 Å². The summed E-state index contributed by atoms with van der Waals surface area (Å²) >= 11 is 0. The first kappa shape index (κ1) is 69.6. The summed E-state index contributed by atoms with van der Waals surface area (Å²) in [5.41, 5.74) is 0. The molecular formula is C65H127NO5. The molecule has 422 valence electrons. The number of esters is 1. The van der Waals surface area contributed by atoms with Gasteiger partial charge in [-0.2, -0.15) is 0 Å². The van der Waals surface area contributed by atoms with Gasteiger partial charge in [-0.25, -0.2) is 0 Å². The summed E-state index contributed by atoms with van der Waals surface area (Å²) in [5, 5.41) is 23.2. The van der Waals surface area contributed by atoms with E-state index in [2.05, 4.69) is 31.3 Å². The van der Waals surface area contributed by atoms with Gasteiger partial charge in [-0.05, 0) is 51.4 Å². The largest absolute Gasteiger partial charge is 0.466 e. The predicted octanol–water partition coefficient (Wildman–Crippen LogP) is 20.4. The van der Waals surface area contributed by atoms with Crippen LogP contribution in [0, 0.1) is 0 Å². The first-order valence-corrected chi connectivity index (χ1v) is 32.4. The zero-order valence-electron chi connectivity index (χ0n) is 48.2. The number of ether oxygens (including phenoxy) is 1. The van der Waals surface area contributed by atoms with Crippen LogP contribution < -0.4 is 5.32 Å². The van der Waals surface area contributed by atoms with Crippen molar-refractivity contribution in [1.82, 2.24) is 5.32 Å². The molecule has 6 nitrogen and oxygen atoms in total. The summed E-state index contributed by atoms with van der Waals surface area (Å²) in [7, 11) is 0. The minimum absolute atomic E-state index is 0.0115. The van der Waals surface area contributed by atoms with E-state index < -0.39 is 12.1 Å². The maximum Gasteiger partial charge on any atom is 0.305 e. The average Bonchev–Trinajstić information content (AvgIpc) is 3.37.